The van der Waals surface area contributed by atoms with Crippen LogP contribution in [0, 0.1) is 0 Å². The smallest absolute Gasteiger partial charge is 0.248 e. The van der Waals surface area contributed by atoms with Crippen LogP contribution < -0.4 is 11.1 Å². The number of aromatic nitrogens is 3. The van der Waals surface area contributed by atoms with Gasteiger partial charge in [-0.3, -0.25) is 4.79 Å². The highest BCUT2D eigenvalue weighted by Gasteiger charge is 2.33. The fourth-order valence-corrected chi connectivity index (χ4v) is 3.32. The SMILES string of the molecule is CC1=C(C(N)=O)[C@H](c2cccc(O)c2)n2nc(-c3ccc(Cl)cc3)nc2N1. The number of phenols is 1. The largest absolute Gasteiger partial charge is 0.508 e. The first-order valence-electron chi connectivity index (χ1n) is 8.23. The summed E-state index contributed by atoms with van der Waals surface area (Å²) in [7, 11) is 0. The summed E-state index contributed by atoms with van der Waals surface area (Å²) < 4.78 is 1.60. The molecule has 0 radical (unpaired) electrons. The van der Waals surface area contributed by atoms with Crippen LogP contribution in [0.4, 0.5) is 5.95 Å². The number of fused-ring (bicyclic) bond motifs is 1. The summed E-state index contributed by atoms with van der Waals surface area (Å²) in [4.78, 5) is 16.7. The lowest BCUT2D eigenvalue weighted by Crippen LogP contribution is -2.31. The summed E-state index contributed by atoms with van der Waals surface area (Å²) >= 11 is 5.95. The Kier molecular flexibility index (Phi) is 4.08. The van der Waals surface area contributed by atoms with Gasteiger partial charge in [-0.1, -0.05) is 23.7 Å². The molecule has 0 saturated carbocycles. The molecule has 0 unspecified atom stereocenters. The first-order valence-corrected chi connectivity index (χ1v) is 8.61. The van der Waals surface area contributed by atoms with Crippen LogP contribution in [0.5, 0.6) is 5.75 Å². The fraction of sp³-hybridized carbons (Fsp3) is 0.105. The summed E-state index contributed by atoms with van der Waals surface area (Å²) in [6, 6.07) is 13.2. The Morgan fingerprint density at radius 2 is 2.00 bits per heavy atom. The lowest BCUT2D eigenvalue weighted by Gasteiger charge is -2.27. The van der Waals surface area contributed by atoms with Gasteiger partial charge in [0.15, 0.2) is 5.82 Å². The molecule has 0 bridgehead atoms. The minimum Gasteiger partial charge on any atom is -0.508 e. The maximum atomic E-state index is 12.1. The summed E-state index contributed by atoms with van der Waals surface area (Å²) in [6.45, 7) is 1.76. The predicted octanol–water partition coefficient (Wildman–Crippen LogP) is 3.08. The maximum Gasteiger partial charge on any atom is 0.248 e. The van der Waals surface area contributed by atoms with Gasteiger partial charge in [0, 0.05) is 16.3 Å². The van der Waals surface area contributed by atoms with Gasteiger partial charge in [-0.25, -0.2) is 4.68 Å². The van der Waals surface area contributed by atoms with Gasteiger partial charge in [-0.05, 0) is 48.9 Å². The van der Waals surface area contributed by atoms with Crippen LogP contribution in [-0.2, 0) is 4.79 Å². The molecule has 0 spiro atoms. The Bertz CT molecular complexity index is 1070. The Morgan fingerprint density at radius 1 is 1.26 bits per heavy atom. The van der Waals surface area contributed by atoms with E-state index < -0.39 is 11.9 Å². The lowest BCUT2D eigenvalue weighted by atomic mass is 9.95. The normalized spacial score (nSPS) is 16.0. The number of nitrogens with zero attached hydrogens (tertiary/aromatic N) is 3. The highest BCUT2D eigenvalue weighted by molar-refractivity contribution is 6.30. The number of primary amides is 1. The zero-order valence-electron chi connectivity index (χ0n) is 14.3. The van der Waals surface area contributed by atoms with Crippen molar-refractivity contribution in [2.45, 2.75) is 13.0 Å². The summed E-state index contributed by atoms with van der Waals surface area (Å²) in [5.41, 5.74) is 8.06. The van der Waals surface area contributed by atoms with E-state index in [1.807, 2.05) is 12.1 Å². The highest BCUT2D eigenvalue weighted by Crippen LogP contribution is 2.36. The number of amides is 1. The molecule has 1 aliphatic rings. The molecule has 4 N–H and O–H groups in total. The van der Waals surface area contributed by atoms with Crippen LogP contribution in [0.15, 0.2) is 59.8 Å². The van der Waals surface area contributed by atoms with Crippen molar-refractivity contribution in [1.29, 1.82) is 0 Å². The van der Waals surface area contributed by atoms with Crippen LogP contribution in [0.2, 0.25) is 5.02 Å². The standard InChI is InChI=1S/C19H16ClN5O2/c1-10-15(17(21)27)16(12-3-2-4-14(26)9-12)25-19(22-10)23-18(24-25)11-5-7-13(20)8-6-11/h2-9,16,26H,1H3,(H2,21,27)(H,22,23,24)/t16-/m0/s1. The zero-order valence-corrected chi connectivity index (χ0v) is 15.1. The Labute approximate surface area is 160 Å². The molecule has 1 aliphatic heterocycles. The third-order valence-electron chi connectivity index (χ3n) is 4.41. The minimum absolute atomic E-state index is 0.0899. The lowest BCUT2D eigenvalue weighted by molar-refractivity contribution is -0.115. The molecule has 8 heteroatoms. The van der Waals surface area contributed by atoms with Gasteiger partial charge in [0.1, 0.15) is 11.8 Å². The van der Waals surface area contributed by atoms with E-state index in [-0.39, 0.29) is 5.75 Å². The highest BCUT2D eigenvalue weighted by atomic mass is 35.5. The van der Waals surface area contributed by atoms with Gasteiger partial charge >= 0.3 is 0 Å². The van der Waals surface area contributed by atoms with Crippen molar-refractivity contribution >= 4 is 23.5 Å². The van der Waals surface area contributed by atoms with Crippen LogP contribution >= 0.6 is 11.6 Å². The third-order valence-corrected chi connectivity index (χ3v) is 4.66. The number of carbonyl (C=O) groups is 1. The van der Waals surface area contributed by atoms with Gasteiger partial charge in [-0.15, -0.1) is 5.10 Å². The van der Waals surface area contributed by atoms with Crippen molar-refractivity contribution in [3.63, 3.8) is 0 Å². The number of phenolic OH excluding ortho intramolecular Hbond substituents is 1. The van der Waals surface area contributed by atoms with E-state index in [4.69, 9.17) is 17.3 Å². The number of anilines is 1. The molecule has 2 heterocycles. The summed E-state index contributed by atoms with van der Waals surface area (Å²) in [5, 5.41) is 18.2. The van der Waals surface area contributed by atoms with E-state index in [0.29, 0.717) is 33.6 Å². The van der Waals surface area contributed by atoms with Crippen molar-refractivity contribution in [1.82, 2.24) is 14.8 Å². The molecular weight excluding hydrogens is 366 g/mol. The molecule has 1 atom stereocenters. The van der Waals surface area contributed by atoms with Crippen molar-refractivity contribution in [2.24, 2.45) is 5.73 Å². The summed E-state index contributed by atoms with van der Waals surface area (Å²) in [5.74, 6) is 0.489. The number of nitrogens with two attached hydrogens (primary N) is 1. The van der Waals surface area contributed by atoms with Crippen LogP contribution in [0.3, 0.4) is 0 Å². The van der Waals surface area contributed by atoms with Crippen LogP contribution in [-0.4, -0.2) is 25.8 Å². The molecule has 0 aliphatic carbocycles. The molecule has 4 rings (SSSR count). The molecule has 3 aromatic rings. The monoisotopic (exact) mass is 381 g/mol. The maximum absolute atomic E-state index is 12.1. The van der Waals surface area contributed by atoms with Crippen molar-refractivity contribution in [3.05, 3.63) is 70.4 Å². The quantitative estimate of drug-likeness (QED) is 0.646. The van der Waals surface area contributed by atoms with Crippen LogP contribution in [0.25, 0.3) is 11.4 Å². The van der Waals surface area contributed by atoms with Crippen molar-refractivity contribution in [3.8, 4) is 17.1 Å². The second kappa shape index (κ2) is 6.44. The average Bonchev–Trinajstić information content (AvgIpc) is 3.04. The number of aromatic hydroxyl groups is 1. The molecule has 7 nitrogen and oxygen atoms in total. The van der Waals surface area contributed by atoms with E-state index >= 15 is 0 Å². The number of halogens is 1. The van der Waals surface area contributed by atoms with Gasteiger partial charge in [-0.2, -0.15) is 4.98 Å². The first kappa shape index (κ1) is 17.1. The Hall–Kier alpha value is -3.32. The van der Waals surface area contributed by atoms with E-state index in [1.165, 1.54) is 0 Å². The minimum atomic E-state index is -0.598. The van der Waals surface area contributed by atoms with Gasteiger partial charge in [0.05, 0.1) is 5.57 Å². The molecule has 0 fully saturated rings. The molecule has 1 amide bonds. The Balaban J connectivity index is 1.88. The van der Waals surface area contributed by atoms with Crippen molar-refractivity contribution < 1.29 is 9.90 Å². The predicted molar refractivity (Wildman–Crippen MR) is 102 cm³/mol. The zero-order chi connectivity index (χ0) is 19.1. The molecular formula is C19H16ClN5O2. The summed E-state index contributed by atoms with van der Waals surface area (Å²) in [6.07, 6.45) is 0. The number of hydrogen-bond donors (Lipinski definition) is 3. The molecule has 136 valence electrons. The van der Waals surface area contributed by atoms with Crippen LogP contribution in [0.1, 0.15) is 18.5 Å². The van der Waals surface area contributed by atoms with Gasteiger partial charge in [0.25, 0.3) is 0 Å². The first-order chi connectivity index (χ1) is 12.9. The van der Waals surface area contributed by atoms with E-state index in [0.717, 1.165) is 5.56 Å². The van der Waals surface area contributed by atoms with E-state index in [2.05, 4.69) is 15.4 Å². The number of benzene rings is 2. The molecule has 1 aromatic heterocycles. The number of carbonyl (C=O) groups excluding carboxylic acids is 1. The number of allylic oxidation sites excluding steroid dienone is 1. The molecule has 2 aromatic carbocycles. The van der Waals surface area contributed by atoms with Gasteiger partial charge < -0.3 is 16.2 Å². The fourth-order valence-electron chi connectivity index (χ4n) is 3.19. The second-order valence-corrected chi connectivity index (χ2v) is 6.67. The Morgan fingerprint density at radius 3 is 2.67 bits per heavy atom. The number of rotatable bonds is 3. The van der Waals surface area contributed by atoms with E-state index in [9.17, 15) is 9.90 Å². The third kappa shape index (κ3) is 3.02. The molecule has 27 heavy (non-hydrogen) atoms. The number of hydrogen-bond acceptors (Lipinski definition) is 5. The van der Waals surface area contributed by atoms with E-state index in [1.54, 1.807) is 48.0 Å². The topological polar surface area (TPSA) is 106 Å². The second-order valence-electron chi connectivity index (χ2n) is 6.24. The van der Waals surface area contributed by atoms with Crippen molar-refractivity contribution in [2.75, 3.05) is 5.32 Å². The van der Waals surface area contributed by atoms with Gasteiger partial charge in [0.2, 0.25) is 11.9 Å². The molecule has 0 saturated heterocycles. The number of nitrogens with one attached hydrogen (secondary N) is 1. The average molecular weight is 382 g/mol.